The highest BCUT2D eigenvalue weighted by molar-refractivity contribution is 5.88. The molecule has 0 unspecified atom stereocenters. The number of fused-ring (bicyclic) bond motifs is 2. The second kappa shape index (κ2) is 3.69. The van der Waals surface area contributed by atoms with Gasteiger partial charge in [-0.05, 0) is 44.1 Å². The van der Waals surface area contributed by atoms with Gasteiger partial charge in [-0.1, -0.05) is 0 Å². The van der Waals surface area contributed by atoms with Crippen molar-refractivity contribution in [3.05, 3.63) is 23.8 Å². The Morgan fingerprint density at radius 3 is 3.00 bits per heavy atom. The molecule has 1 spiro atoms. The monoisotopic (exact) mass is 280 g/mol. The van der Waals surface area contributed by atoms with Crippen LogP contribution in [0.2, 0.25) is 0 Å². The van der Waals surface area contributed by atoms with Gasteiger partial charge >= 0.3 is 0 Å². The maximum atomic E-state index is 4.81. The number of hydrogen-bond acceptors (Lipinski definition) is 4. The topological polar surface area (TPSA) is 72.3 Å². The van der Waals surface area contributed by atoms with Crippen molar-refractivity contribution in [2.45, 2.75) is 39.2 Å². The van der Waals surface area contributed by atoms with Crippen LogP contribution in [0.3, 0.4) is 0 Å². The fourth-order valence-electron chi connectivity index (χ4n) is 3.43. The van der Waals surface area contributed by atoms with E-state index in [1.54, 1.807) is 6.20 Å². The van der Waals surface area contributed by atoms with Gasteiger partial charge in [0.1, 0.15) is 17.2 Å². The van der Waals surface area contributed by atoms with Gasteiger partial charge in [-0.15, -0.1) is 0 Å². The van der Waals surface area contributed by atoms with E-state index in [1.165, 1.54) is 25.0 Å². The molecule has 0 bridgehead atoms. The molecule has 0 atom stereocenters. The highest BCUT2D eigenvalue weighted by atomic mass is 15.3. The third-order valence-corrected chi connectivity index (χ3v) is 4.88. The Bertz CT molecular complexity index is 854. The smallest absolute Gasteiger partial charge is 0.159 e. The SMILES string of the molecule is Cc1nc(-c2cc3n(n2)CC2(CC3)CC2)c2cn[nH]c2n1. The number of aryl methyl sites for hydroxylation is 2. The minimum absolute atomic E-state index is 0.558. The normalized spacial score (nSPS) is 19.1. The van der Waals surface area contributed by atoms with Crippen LogP contribution in [-0.4, -0.2) is 29.9 Å². The molecule has 1 N–H and O–H groups in total. The van der Waals surface area contributed by atoms with Crippen LogP contribution < -0.4 is 0 Å². The lowest BCUT2D eigenvalue weighted by Gasteiger charge is -2.22. The lowest BCUT2D eigenvalue weighted by Crippen LogP contribution is -2.21. The zero-order chi connectivity index (χ0) is 14.0. The van der Waals surface area contributed by atoms with Crippen LogP contribution in [0.4, 0.5) is 0 Å². The Labute approximate surface area is 121 Å². The molecule has 3 aromatic heterocycles. The highest BCUT2D eigenvalue weighted by Gasteiger charge is 2.45. The molecular formula is C15H16N6. The lowest BCUT2D eigenvalue weighted by atomic mass is 9.95. The van der Waals surface area contributed by atoms with E-state index in [0.29, 0.717) is 5.41 Å². The average molecular weight is 280 g/mol. The largest absolute Gasteiger partial charge is 0.268 e. The third-order valence-electron chi connectivity index (χ3n) is 4.88. The second-order valence-electron chi connectivity index (χ2n) is 6.43. The van der Waals surface area contributed by atoms with Crippen molar-refractivity contribution >= 4 is 11.0 Å². The van der Waals surface area contributed by atoms with Crippen LogP contribution in [0.5, 0.6) is 0 Å². The van der Waals surface area contributed by atoms with Gasteiger partial charge in [0.15, 0.2) is 5.65 Å². The summed E-state index contributed by atoms with van der Waals surface area (Å²) in [4.78, 5) is 8.97. The van der Waals surface area contributed by atoms with E-state index in [9.17, 15) is 0 Å². The summed E-state index contributed by atoms with van der Waals surface area (Å²) < 4.78 is 2.19. The number of hydrogen-bond donors (Lipinski definition) is 1. The quantitative estimate of drug-likeness (QED) is 0.742. The van der Waals surface area contributed by atoms with Gasteiger partial charge in [0, 0.05) is 12.2 Å². The molecule has 0 amide bonds. The fourth-order valence-corrected chi connectivity index (χ4v) is 3.43. The van der Waals surface area contributed by atoms with Crippen molar-refractivity contribution in [2.75, 3.05) is 0 Å². The molecule has 2 aliphatic rings. The van der Waals surface area contributed by atoms with Crippen LogP contribution in [0.1, 0.15) is 30.8 Å². The van der Waals surface area contributed by atoms with Crippen LogP contribution in [0.25, 0.3) is 22.4 Å². The van der Waals surface area contributed by atoms with Crippen LogP contribution in [0, 0.1) is 12.3 Å². The van der Waals surface area contributed by atoms with Crippen LogP contribution >= 0.6 is 0 Å². The van der Waals surface area contributed by atoms with E-state index in [0.717, 1.165) is 41.2 Å². The molecule has 0 radical (unpaired) electrons. The summed E-state index contributed by atoms with van der Waals surface area (Å²) in [5.41, 5.74) is 4.50. The molecule has 1 aliphatic carbocycles. The lowest BCUT2D eigenvalue weighted by molar-refractivity contribution is 0.325. The molecule has 6 nitrogen and oxygen atoms in total. The third kappa shape index (κ3) is 1.65. The molecular weight excluding hydrogens is 264 g/mol. The maximum absolute atomic E-state index is 4.81. The number of H-pyrrole nitrogens is 1. The number of rotatable bonds is 1. The van der Waals surface area contributed by atoms with Crippen molar-refractivity contribution in [3.8, 4) is 11.4 Å². The molecule has 5 rings (SSSR count). The Morgan fingerprint density at radius 1 is 1.24 bits per heavy atom. The number of nitrogens with one attached hydrogen (secondary N) is 1. The molecule has 106 valence electrons. The molecule has 21 heavy (non-hydrogen) atoms. The molecule has 4 heterocycles. The summed E-state index contributed by atoms with van der Waals surface area (Å²) in [6, 6.07) is 2.18. The van der Waals surface area contributed by atoms with E-state index < -0.39 is 0 Å². The standard InChI is InChI=1S/C15H16N6/c1-9-17-13(11-7-16-19-14(11)18-9)12-6-10-2-3-15(4-5-15)8-21(10)20-12/h6-7H,2-5,8H2,1H3,(H,16,17,18,19). The Balaban J connectivity index is 1.67. The summed E-state index contributed by atoms with van der Waals surface area (Å²) in [5, 5.41) is 12.8. The predicted molar refractivity (Wildman–Crippen MR) is 77.6 cm³/mol. The average Bonchev–Trinajstić information content (AvgIpc) is 2.88. The van der Waals surface area contributed by atoms with Crippen molar-refractivity contribution in [3.63, 3.8) is 0 Å². The van der Waals surface area contributed by atoms with Gasteiger partial charge in [-0.3, -0.25) is 9.78 Å². The first-order valence-corrected chi connectivity index (χ1v) is 7.47. The minimum Gasteiger partial charge on any atom is -0.268 e. The van der Waals surface area contributed by atoms with E-state index in [4.69, 9.17) is 5.10 Å². The van der Waals surface area contributed by atoms with Gasteiger partial charge in [0.05, 0.1) is 11.6 Å². The molecule has 0 aromatic carbocycles. The Kier molecular flexibility index (Phi) is 2.01. The highest BCUT2D eigenvalue weighted by Crippen LogP contribution is 2.53. The minimum atomic E-state index is 0.558. The number of aromatic amines is 1. The van der Waals surface area contributed by atoms with Crippen molar-refractivity contribution in [1.29, 1.82) is 0 Å². The summed E-state index contributed by atoms with van der Waals surface area (Å²) in [5.74, 6) is 0.742. The van der Waals surface area contributed by atoms with Crippen LogP contribution in [0.15, 0.2) is 12.3 Å². The summed E-state index contributed by atoms with van der Waals surface area (Å²) >= 11 is 0. The van der Waals surface area contributed by atoms with Gasteiger partial charge in [-0.25, -0.2) is 9.97 Å². The number of aromatic nitrogens is 6. The fraction of sp³-hybridized carbons (Fsp3) is 0.467. The Morgan fingerprint density at radius 2 is 2.14 bits per heavy atom. The first kappa shape index (κ1) is 11.4. The van der Waals surface area contributed by atoms with Crippen molar-refractivity contribution < 1.29 is 0 Å². The van der Waals surface area contributed by atoms with Crippen molar-refractivity contribution in [1.82, 2.24) is 29.9 Å². The summed E-state index contributed by atoms with van der Waals surface area (Å²) in [7, 11) is 0. The van der Waals surface area contributed by atoms with Gasteiger partial charge in [-0.2, -0.15) is 10.2 Å². The van der Waals surface area contributed by atoms with Gasteiger partial charge in [0.25, 0.3) is 0 Å². The zero-order valence-corrected chi connectivity index (χ0v) is 11.9. The summed E-state index contributed by atoms with van der Waals surface area (Å²) in [6.45, 7) is 2.97. The first-order valence-electron chi connectivity index (χ1n) is 7.47. The molecule has 1 aliphatic heterocycles. The maximum Gasteiger partial charge on any atom is 0.159 e. The molecule has 3 aromatic rings. The van der Waals surface area contributed by atoms with E-state index in [-0.39, 0.29) is 0 Å². The van der Waals surface area contributed by atoms with E-state index in [1.807, 2.05) is 6.92 Å². The van der Waals surface area contributed by atoms with E-state index in [2.05, 4.69) is 30.9 Å². The number of nitrogens with zero attached hydrogens (tertiary/aromatic N) is 5. The zero-order valence-electron chi connectivity index (χ0n) is 11.9. The first-order chi connectivity index (χ1) is 10.2. The molecule has 0 saturated heterocycles. The van der Waals surface area contributed by atoms with Gasteiger partial charge in [0.2, 0.25) is 0 Å². The van der Waals surface area contributed by atoms with Crippen molar-refractivity contribution in [2.24, 2.45) is 5.41 Å². The van der Waals surface area contributed by atoms with E-state index >= 15 is 0 Å². The second-order valence-corrected chi connectivity index (χ2v) is 6.43. The van der Waals surface area contributed by atoms with Gasteiger partial charge < -0.3 is 0 Å². The molecule has 1 saturated carbocycles. The molecule has 1 fully saturated rings. The molecule has 6 heteroatoms. The predicted octanol–water partition coefficient (Wildman–Crippen LogP) is 2.25. The summed E-state index contributed by atoms with van der Waals surface area (Å²) in [6.07, 6.45) is 6.94. The Hall–Kier alpha value is -2.24. The van der Waals surface area contributed by atoms with Crippen LogP contribution in [-0.2, 0) is 13.0 Å².